The van der Waals surface area contributed by atoms with E-state index in [1.165, 1.54) is 14.0 Å². The van der Waals surface area contributed by atoms with Gasteiger partial charge in [-0.15, -0.1) is 0 Å². The van der Waals surface area contributed by atoms with Crippen LogP contribution in [0.4, 0.5) is 0 Å². The van der Waals surface area contributed by atoms with Crippen molar-refractivity contribution in [3.8, 4) is 11.9 Å². The molecule has 6 nitrogen and oxygen atoms in total. The highest BCUT2D eigenvalue weighted by Crippen LogP contribution is 2.27. The number of carbonyl (C=O) groups excluding carboxylic acids is 1. The van der Waals surface area contributed by atoms with E-state index >= 15 is 0 Å². The smallest absolute Gasteiger partial charge is 0.271 e. The Kier molecular flexibility index (Phi) is 5.54. The quantitative estimate of drug-likeness (QED) is 0.791. The molecule has 2 rings (SSSR count). The van der Waals surface area contributed by atoms with E-state index in [9.17, 15) is 20.0 Å². The molecule has 1 aromatic heterocycles. The van der Waals surface area contributed by atoms with Gasteiger partial charge in [-0.05, 0) is 24.6 Å². The number of hydrogen-bond donors (Lipinski definition) is 1. The monoisotopic (exact) mass is 390 g/mol. The third kappa shape index (κ3) is 3.11. The number of nitrogens with zero attached hydrogens (tertiary/aromatic N) is 2. The van der Waals surface area contributed by atoms with Gasteiger partial charge in [0.2, 0.25) is 5.88 Å². The van der Waals surface area contributed by atoms with Crippen molar-refractivity contribution in [3.63, 3.8) is 0 Å². The van der Waals surface area contributed by atoms with Crippen LogP contribution in [0.25, 0.3) is 0 Å². The van der Waals surface area contributed by atoms with Crippen LogP contribution in [0.2, 0.25) is 0 Å². The fraction of sp³-hybridized carbons (Fsp3) is 0.235. The van der Waals surface area contributed by atoms with Gasteiger partial charge in [0.15, 0.2) is 5.78 Å². The number of aromatic nitrogens is 1. The van der Waals surface area contributed by atoms with Gasteiger partial charge < -0.3 is 9.84 Å². The van der Waals surface area contributed by atoms with Gasteiger partial charge in [0.25, 0.3) is 5.56 Å². The summed E-state index contributed by atoms with van der Waals surface area (Å²) in [6.07, 6.45) is 0. The van der Waals surface area contributed by atoms with Crippen molar-refractivity contribution in [2.24, 2.45) is 0 Å². The summed E-state index contributed by atoms with van der Waals surface area (Å²) in [5, 5.41) is 19.8. The van der Waals surface area contributed by atoms with Crippen LogP contribution in [0.5, 0.6) is 5.88 Å². The molecule has 24 heavy (non-hydrogen) atoms. The molecule has 1 N–H and O–H groups in total. The number of aromatic hydroxyl groups is 1. The largest absolute Gasteiger partial charge is 0.494 e. The van der Waals surface area contributed by atoms with Crippen LogP contribution in [0, 0.1) is 18.3 Å². The lowest BCUT2D eigenvalue weighted by molar-refractivity contribution is 0.103. The summed E-state index contributed by atoms with van der Waals surface area (Å²) in [6.45, 7) is 1.67. The molecule has 7 heteroatoms. The Morgan fingerprint density at radius 2 is 2.08 bits per heavy atom. The maximum absolute atomic E-state index is 12.9. The molecule has 0 fully saturated rings. The molecular formula is C17H15BrN2O4. The topological polar surface area (TPSA) is 92.3 Å². The summed E-state index contributed by atoms with van der Waals surface area (Å²) in [6, 6.07) is 8.57. The van der Waals surface area contributed by atoms with E-state index in [0.29, 0.717) is 10.0 Å². The van der Waals surface area contributed by atoms with Crippen molar-refractivity contribution in [2.45, 2.75) is 13.5 Å². The molecule has 0 aliphatic rings. The Labute approximate surface area is 147 Å². The van der Waals surface area contributed by atoms with Crippen molar-refractivity contribution in [1.29, 1.82) is 5.26 Å². The zero-order valence-corrected chi connectivity index (χ0v) is 14.8. The van der Waals surface area contributed by atoms with Crippen molar-refractivity contribution >= 4 is 21.7 Å². The van der Waals surface area contributed by atoms with Gasteiger partial charge in [-0.1, -0.05) is 28.1 Å². The van der Waals surface area contributed by atoms with E-state index in [-0.39, 0.29) is 29.8 Å². The third-order valence-corrected chi connectivity index (χ3v) is 4.36. The number of hydrogen-bond acceptors (Lipinski definition) is 5. The second-order valence-corrected chi connectivity index (χ2v) is 5.92. The molecule has 2 aromatic rings. The number of methoxy groups -OCH3 is 1. The lowest BCUT2D eigenvalue weighted by Gasteiger charge is -2.15. The lowest BCUT2D eigenvalue weighted by Crippen LogP contribution is -2.28. The molecule has 0 spiro atoms. The highest BCUT2D eigenvalue weighted by molar-refractivity contribution is 9.10. The molecule has 0 atom stereocenters. The van der Waals surface area contributed by atoms with E-state index in [0.717, 1.165) is 4.57 Å². The van der Waals surface area contributed by atoms with Gasteiger partial charge in [0, 0.05) is 17.1 Å². The van der Waals surface area contributed by atoms with E-state index in [2.05, 4.69) is 15.9 Å². The average Bonchev–Trinajstić information content (AvgIpc) is 2.55. The molecule has 0 aliphatic heterocycles. The van der Waals surface area contributed by atoms with Gasteiger partial charge in [0.1, 0.15) is 11.6 Å². The Morgan fingerprint density at radius 3 is 2.67 bits per heavy atom. The first-order chi connectivity index (χ1) is 11.4. The minimum Gasteiger partial charge on any atom is -0.494 e. The number of ether oxygens (including phenoxy) is 1. The molecule has 0 saturated heterocycles. The molecule has 0 aliphatic carbocycles. The van der Waals surface area contributed by atoms with Crippen LogP contribution in [0.1, 0.15) is 27.0 Å². The highest BCUT2D eigenvalue weighted by Gasteiger charge is 2.25. The zero-order valence-electron chi connectivity index (χ0n) is 13.2. The van der Waals surface area contributed by atoms with Crippen LogP contribution >= 0.6 is 15.9 Å². The number of ketones is 1. The lowest BCUT2D eigenvalue weighted by atomic mass is 9.97. The summed E-state index contributed by atoms with van der Waals surface area (Å²) in [5.74, 6) is -0.936. The fourth-order valence-corrected chi connectivity index (χ4v) is 2.86. The second kappa shape index (κ2) is 7.43. The maximum Gasteiger partial charge on any atom is 0.271 e. The summed E-state index contributed by atoms with van der Waals surface area (Å²) in [5.41, 5.74) is -0.382. The van der Waals surface area contributed by atoms with Gasteiger partial charge in [-0.3, -0.25) is 14.2 Å². The molecule has 124 valence electrons. The molecule has 0 radical (unpaired) electrons. The van der Waals surface area contributed by atoms with Crippen LogP contribution in [0.15, 0.2) is 33.5 Å². The van der Waals surface area contributed by atoms with Crippen molar-refractivity contribution in [1.82, 2.24) is 4.57 Å². The predicted octanol–water partition coefficient (Wildman–Crippen LogP) is 2.37. The first-order valence-corrected chi connectivity index (χ1v) is 7.88. The van der Waals surface area contributed by atoms with E-state index < -0.39 is 17.2 Å². The molecule has 1 heterocycles. The minimum atomic E-state index is -0.645. The fourth-order valence-electron chi connectivity index (χ4n) is 2.39. The van der Waals surface area contributed by atoms with Crippen LogP contribution < -0.4 is 5.56 Å². The maximum atomic E-state index is 12.9. The van der Waals surface area contributed by atoms with Crippen LogP contribution in [-0.4, -0.2) is 29.2 Å². The number of pyridine rings is 1. The predicted molar refractivity (Wildman–Crippen MR) is 91.3 cm³/mol. The van der Waals surface area contributed by atoms with Crippen molar-refractivity contribution < 1.29 is 14.6 Å². The second-order valence-electron chi connectivity index (χ2n) is 5.07. The summed E-state index contributed by atoms with van der Waals surface area (Å²) >= 11 is 3.30. The van der Waals surface area contributed by atoms with Gasteiger partial charge >= 0.3 is 0 Å². The zero-order chi connectivity index (χ0) is 17.9. The SMILES string of the molecule is COCCn1c(O)c(C(=O)c2ccccc2Br)c(C)c(C#N)c1=O. The summed E-state index contributed by atoms with van der Waals surface area (Å²) in [4.78, 5) is 25.2. The number of carbonyl (C=O) groups is 1. The first kappa shape index (κ1) is 17.9. The number of benzene rings is 1. The number of halogens is 1. The van der Waals surface area contributed by atoms with Gasteiger partial charge in [-0.25, -0.2) is 0 Å². The van der Waals surface area contributed by atoms with Crippen molar-refractivity contribution in [3.05, 3.63) is 61.3 Å². The molecule has 0 bridgehead atoms. The van der Waals surface area contributed by atoms with E-state index in [4.69, 9.17) is 4.74 Å². The van der Waals surface area contributed by atoms with E-state index in [1.807, 2.05) is 6.07 Å². The Hall–Kier alpha value is -2.43. The normalized spacial score (nSPS) is 10.4. The van der Waals surface area contributed by atoms with Gasteiger partial charge in [0.05, 0.1) is 18.7 Å². The highest BCUT2D eigenvalue weighted by atomic mass is 79.9. The molecule has 0 saturated carbocycles. The van der Waals surface area contributed by atoms with Crippen LogP contribution in [0.3, 0.4) is 0 Å². The van der Waals surface area contributed by atoms with E-state index in [1.54, 1.807) is 24.3 Å². The van der Waals surface area contributed by atoms with Gasteiger partial charge in [-0.2, -0.15) is 5.26 Å². The van der Waals surface area contributed by atoms with Crippen LogP contribution in [-0.2, 0) is 11.3 Å². The Balaban J connectivity index is 2.74. The average molecular weight is 391 g/mol. The first-order valence-electron chi connectivity index (χ1n) is 7.08. The molecule has 0 unspecified atom stereocenters. The van der Waals surface area contributed by atoms with Crippen molar-refractivity contribution in [2.75, 3.05) is 13.7 Å². The summed E-state index contributed by atoms with van der Waals surface area (Å²) in [7, 11) is 1.45. The molecule has 0 amide bonds. The standard InChI is InChI=1S/C17H15BrN2O4/c1-10-12(9-19)16(22)20(7-8-24-2)17(23)14(10)15(21)11-5-3-4-6-13(11)18/h3-6,23H,7-8H2,1-2H3. The number of rotatable bonds is 5. The number of nitriles is 1. The molecular weight excluding hydrogens is 376 g/mol. The third-order valence-electron chi connectivity index (χ3n) is 3.66. The summed E-state index contributed by atoms with van der Waals surface area (Å²) < 4.78 is 6.46. The minimum absolute atomic E-state index is 0.0341. The Bertz CT molecular complexity index is 897. The Morgan fingerprint density at radius 1 is 1.42 bits per heavy atom. The molecule has 1 aromatic carbocycles.